The number of benzene rings is 1. The van der Waals surface area contributed by atoms with Crippen molar-refractivity contribution in [2.75, 3.05) is 20.8 Å². The molecule has 1 aromatic rings. The number of nitrogens with one attached hydrogen (secondary N) is 1. The molecular formula is C18H27NO. The van der Waals surface area contributed by atoms with Crippen LogP contribution in [0.15, 0.2) is 24.3 Å². The maximum atomic E-state index is 4.25. The lowest BCUT2D eigenvalue weighted by molar-refractivity contribution is 0.0798. The number of ether oxygens (including phenoxy) is 1. The molecule has 1 saturated carbocycles. The number of hydrogen-bond acceptors (Lipinski definition) is 2. The number of hydrogen-bond donors (Lipinski definition) is 1. The van der Waals surface area contributed by atoms with E-state index < -0.39 is 0 Å². The summed E-state index contributed by atoms with van der Waals surface area (Å²) in [5.41, 5.74) is 3.88. The van der Waals surface area contributed by atoms with Crippen LogP contribution in [0.3, 0.4) is 0 Å². The molecule has 3 aliphatic rings. The Morgan fingerprint density at radius 1 is 1.15 bits per heavy atom. The van der Waals surface area contributed by atoms with Crippen molar-refractivity contribution in [3.8, 4) is 0 Å². The molecule has 0 spiro atoms. The second kappa shape index (κ2) is 5.87. The zero-order valence-electron chi connectivity index (χ0n) is 12.8. The minimum Gasteiger partial charge on any atom is -0.388 e. The molecule has 110 valence electrons. The highest BCUT2D eigenvalue weighted by Crippen LogP contribution is 2.53. The largest absolute Gasteiger partial charge is 0.388 e. The minimum absolute atomic E-state index is 0.545. The van der Waals surface area contributed by atoms with Crippen LogP contribution in [0.2, 0.25) is 0 Å². The van der Waals surface area contributed by atoms with Gasteiger partial charge in [0.05, 0.1) is 0 Å². The highest BCUT2D eigenvalue weighted by molar-refractivity contribution is 5.41. The monoisotopic (exact) mass is 273 g/mol. The second-order valence-corrected chi connectivity index (χ2v) is 6.59. The molecule has 2 bridgehead atoms. The Bertz CT molecular complexity index is 454. The van der Waals surface area contributed by atoms with E-state index in [1.54, 1.807) is 25.3 Å². The summed E-state index contributed by atoms with van der Waals surface area (Å²) < 4.78 is 4.25. The Morgan fingerprint density at radius 3 is 2.80 bits per heavy atom. The summed E-state index contributed by atoms with van der Waals surface area (Å²) in [5.74, 6) is 0.917. The summed E-state index contributed by atoms with van der Waals surface area (Å²) in [6, 6.07) is 10.0. The second-order valence-electron chi connectivity index (χ2n) is 6.59. The first-order chi connectivity index (χ1) is 9.81. The van der Waals surface area contributed by atoms with E-state index in [-0.39, 0.29) is 0 Å². The quantitative estimate of drug-likeness (QED) is 0.783. The topological polar surface area (TPSA) is 21.3 Å². The maximum absolute atomic E-state index is 4.25. The first-order valence-electron chi connectivity index (χ1n) is 8.04. The normalized spacial score (nSPS) is 34.3. The van der Waals surface area contributed by atoms with Crippen LogP contribution in [0.1, 0.15) is 43.2 Å². The number of methoxy groups -OCH3 is 1. The zero-order valence-corrected chi connectivity index (χ0v) is 12.8. The Labute approximate surface area is 122 Å². The van der Waals surface area contributed by atoms with Crippen molar-refractivity contribution >= 4 is 0 Å². The van der Waals surface area contributed by atoms with E-state index in [9.17, 15) is 0 Å². The molecule has 1 heterocycles. The minimum atomic E-state index is 0.545. The lowest BCUT2D eigenvalue weighted by Crippen LogP contribution is -2.59. The molecule has 0 radical (unpaired) electrons. The molecular weight excluding hydrogens is 246 g/mol. The zero-order chi connectivity index (χ0) is 14.0. The van der Waals surface area contributed by atoms with E-state index in [4.69, 9.17) is 0 Å². The van der Waals surface area contributed by atoms with Crippen LogP contribution in [0.25, 0.3) is 0 Å². The van der Waals surface area contributed by atoms with Crippen LogP contribution >= 0.6 is 0 Å². The van der Waals surface area contributed by atoms with E-state index in [1.165, 1.54) is 45.1 Å². The third-order valence-corrected chi connectivity index (χ3v) is 5.55. The van der Waals surface area contributed by atoms with E-state index in [1.807, 2.05) is 0 Å². The van der Waals surface area contributed by atoms with Crippen LogP contribution < -0.4 is 5.32 Å². The van der Waals surface area contributed by atoms with Crippen molar-refractivity contribution in [1.82, 2.24) is 5.32 Å². The van der Waals surface area contributed by atoms with Gasteiger partial charge in [0.2, 0.25) is 0 Å². The van der Waals surface area contributed by atoms with Gasteiger partial charge in [0, 0.05) is 25.7 Å². The first-order valence-corrected chi connectivity index (χ1v) is 8.04. The lowest BCUT2D eigenvalue weighted by atomic mass is 9.53. The predicted molar refractivity (Wildman–Crippen MR) is 83.1 cm³/mol. The van der Waals surface area contributed by atoms with Gasteiger partial charge in [0.15, 0.2) is 0 Å². The number of fused-ring (bicyclic) bond motifs is 1. The molecule has 2 fully saturated rings. The van der Waals surface area contributed by atoms with Gasteiger partial charge >= 0.3 is 0 Å². The Balaban J connectivity index is 0.000000373. The van der Waals surface area contributed by atoms with Crippen LogP contribution in [0, 0.1) is 5.92 Å². The van der Waals surface area contributed by atoms with Crippen molar-refractivity contribution in [2.45, 2.75) is 50.0 Å². The van der Waals surface area contributed by atoms with Crippen molar-refractivity contribution in [3.63, 3.8) is 0 Å². The summed E-state index contributed by atoms with van der Waals surface area (Å²) in [6.07, 6.45) is 8.41. The van der Waals surface area contributed by atoms with Gasteiger partial charge in [-0.1, -0.05) is 37.1 Å². The van der Waals surface area contributed by atoms with Crippen molar-refractivity contribution in [3.05, 3.63) is 35.4 Å². The molecule has 2 nitrogen and oxygen atoms in total. The molecule has 1 aromatic carbocycles. The molecule has 2 heteroatoms. The average molecular weight is 273 g/mol. The third-order valence-electron chi connectivity index (χ3n) is 5.55. The van der Waals surface area contributed by atoms with Crippen LogP contribution in [-0.4, -0.2) is 26.8 Å². The van der Waals surface area contributed by atoms with Crippen LogP contribution in [0.5, 0.6) is 0 Å². The van der Waals surface area contributed by atoms with Gasteiger partial charge in [-0.3, -0.25) is 0 Å². The molecule has 1 N–H and O–H groups in total. The molecule has 4 rings (SSSR count). The molecule has 1 saturated heterocycles. The summed E-state index contributed by atoms with van der Waals surface area (Å²) in [4.78, 5) is 0. The fourth-order valence-electron chi connectivity index (χ4n) is 4.89. The highest BCUT2D eigenvalue weighted by atomic mass is 16.4. The van der Waals surface area contributed by atoms with Crippen molar-refractivity contribution in [2.24, 2.45) is 5.92 Å². The van der Waals surface area contributed by atoms with E-state index in [0.717, 1.165) is 12.0 Å². The third kappa shape index (κ3) is 2.19. The van der Waals surface area contributed by atoms with E-state index in [2.05, 4.69) is 34.3 Å². The van der Waals surface area contributed by atoms with E-state index in [0.29, 0.717) is 5.41 Å². The molecule has 0 amide bonds. The maximum Gasteiger partial charge on any atom is 0.0351 e. The number of rotatable bonds is 0. The molecule has 0 unspecified atom stereocenters. The lowest BCUT2D eigenvalue weighted by Gasteiger charge is -2.56. The fourth-order valence-corrected chi connectivity index (χ4v) is 4.89. The molecule has 1 aliphatic heterocycles. The Hall–Kier alpha value is -0.860. The van der Waals surface area contributed by atoms with E-state index >= 15 is 0 Å². The van der Waals surface area contributed by atoms with Gasteiger partial charge in [0.1, 0.15) is 0 Å². The van der Waals surface area contributed by atoms with Gasteiger partial charge in [0.25, 0.3) is 0 Å². The summed E-state index contributed by atoms with van der Waals surface area (Å²) >= 11 is 0. The highest BCUT2D eigenvalue weighted by Gasteiger charge is 2.51. The van der Waals surface area contributed by atoms with Crippen LogP contribution in [0.4, 0.5) is 0 Å². The summed E-state index contributed by atoms with van der Waals surface area (Å²) in [7, 11) is 3.25. The molecule has 0 aromatic heterocycles. The summed E-state index contributed by atoms with van der Waals surface area (Å²) in [6.45, 7) is 1.23. The standard InChI is InChI=1S/C16H21N.C2H6O/c1-2-6-13-12(5-1)11-15-14-7-3-4-8-16(13,14)9-10-17-15;1-3-2/h1-2,5-6,14-15,17H,3-4,7-11H2;1-2H3/t14-,15+,16-;/m0./s1. The van der Waals surface area contributed by atoms with Gasteiger partial charge in [-0.15, -0.1) is 0 Å². The van der Waals surface area contributed by atoms with Gasteiger partial charge in [-0.2, -0.15) is 0 Å². The van der Waals surface area contributed by atoms with Crippen molar-refractivity contribution in [1.29, 1.82) is 0 Å². The van der Waals surface area contributed by atoms with Gasteiger partial charge in [-0.05, 0) is 49.3 Å². The molecule has 20 heavy (non-hydrogen) atoms. The van der Waals surface area contributed by atoms with Gasteiger partial charge in [-0.25, -0.2) is 0 Å². The fraction of sp³-hybridized carbons (Fsp3) is 0.667. The van der Waals surface area contributed by atoms with Crippen LogP contribution in [-0.2, 0) is 16.6 Å². The SMILES string of the molecule is COC.c1ccc2c(c1)C[C@H]1NCC[C@@]23CCCC[C@@H]13. The average Bonchev–Trinajstić information content (AvgIpc) is 2.48. The first kappa shape index (κ1) is 14.1. The van der Waals surface area contributed by atoms with Gasteiger partial charge < -0.3 is 10.1 Å². The van der Waals surface area contributed by atoms with Crippen molar-refractivity contribution < 1.29 is 4.74 Å². The molecule has 3 atom stereocenters. The number of piperidine rings is 1. The Kier molecular flexibility index (Phi) is 4.13. The molecule has 2 aliphatic carbocycles. The summed E-state index contributed by atoms with van der Waals surface area (Å²) in [5, 5.41) is 3.79. The smallest absolute Gasteiger partial charge is 0.0351 e. The Morgan fingerprint density at radius 2 is 1.95 bits per heavy atom. The predicted octanol–water partition coefficient (Wildman–Crippen LogP) is 3.30.